The molecule has 2 spiro atoms. The maximum Gasteiger partial charge on any atom is 0.0746 e. The monoisotopic (exact) mass is 837 g/mol. The highest BCUT2D eigenvalue weighted by Gasteiger charge is 2.55. The zero-order chi connectivity index (χ0) is 43.5. The van der Waals surface area contributed by atoms with Gasteiger partial charge in [0.15, 0.2) is 0 Å². The van der Waals surface area contributed by atoms with E-state index in [1.165, 1.54) is 117 Å². The van der Waals surface area contributed by atoms with Crippen molar-refractivity contribution in [3.8, 4) is 55.6 Å². The topological polar surface area (TPSA) is 3.24 Å². The van der Waals surface area contributed by atoms with Gasteiger partial charge in [0, 0.05) is 22.4 Å². The van der Waals surface area contributed by atoms with Crippen LogP contribution in [0.3, 0.4) is 0 Å². The third-order valence-corrected chi connectivity index (χ3v) is 16.3. The number of hydrogen-bond donors (Lipinski definition) is 0. The molecule has 0 saturated carbocycles. The molecule has 15 rings (SSSR count). The highest BCUT2D eigenvalue weighted by Crippen LogP contribution is 2.67. The van der Waals surface area contributed by atoms with Crippen LogP contribution in [0, 0.1) is 0 Å². The van der Waals surface area contributed by atoms with E-state index in [0.29, 0.717) is 0 Å². The van der Waals surface area contributed by atoms with Gasteiger partial charge in [-0.2, -0.15) is 0 Å². The van der Waals surface area contributed by atoms with Crippen molar-refractivity contribution in [3.05, 3.63) is 280 Å². The fraction of sp³-hybridized carbons (Fsp3) is 0.0769. The van der Waals surface area contributed by atoms with E-state index in [4.69, 9.17) is 0 Å². The van der Waals surface area contributed by atoms with E-state index in [0.717, 1.165) is 11.4 Å². The summed E-state index contributed by atoms with van der Waals surface area (Å²) >= 11 is 0. The molecular formula is C65H43N. The van der Waals surface area contributed by atoms with Gasteiger partial charge in [0.05, 0.1) is 16.5 Å². The van der Waals surface area contributed by atoms with Crippen molar-refractivity contribution in [1.29, 1.82) is 0 Å². The molecule has 0 unspecified atom stereocenters. The van der Waals surface area contributed by atoms with Crippen LogP contribution in [0.1, 0.15) is 69.5 Å². The molecule has 1 nitrogen and oxygen atoms in total. The van der Waals surface area contributed by atoms with Crippen molar-refractivity contribution < 1.29 is 0 Å². The lowest BCUT2D eigenvalue weighted by molar-refractivity contribution is 0.660. The molecule has 0 fully saturated rings. The zero-order valence-electron chi connectivity index (χ0n) is 36.8. The second-order valence-corrected chi connectivity index (χ2v) is 19.4. The van der Waals surface area contributed by atoms with E-state index in [-0.39, 0.29) is 5.41 Å². The lowest BCUT2D eigenvalue weighted by Crippen LogP contribution is -2.28. The highest BCUT2D eigenvalue weighted by molar-refractivity contribution is 6.01. The van der Waals surface area contributed by atoms with E-state index >= 15 is 0 Å². The molecular weight excluding hydrogens is 795 g/mol. The minimum atomic E-state index is -0.531. The maximum absolute atomic E-state index is 2.62. The Hall–Kier alpha value is -8.00. The van der Waals surface area contributed by atoms with Crippen LogP contribution < -0.4 is 4.90 Å². The summed E-state index contributed by atoms with van der Waals surface area (Å²) < 4.78 is 0. The number of nitrogens with zero attached hydrogens (tertiary/aromatic N) is 1. The Bertz CT molecular complexity index is 3640. The van der Waals surface area contributed by atoms with Crippen LogP contribution in [0.2, 0.25) is 0 Å². The normalized spacial score (nSPS) is 15.5. The van der Waals surface area contributed by atoms with Gasteiger partial charge in [-0.25, -0.2) is 0 Å². The van der Waals surface area contributed by atoms with Gasteiger partial charge >= 0.3 is 0 Å². The first kappa shape index (κ1) is 36.4. The van der Waals surface area contributed by atoms with Gasteiger partial charge in [-0.3, -0.25) is 0 Å². The van der Waals surface area contributed by atoms with Crippen molar-refractivity contribution in [3.63, 3.8) is 0 Å². The average molecular weight is 838 g/mol. The van der Waals surface area contributed by atoms with Crippen molar-refractivity contribution in [2.45, 2.75) is 30.1 Å². The van der Waals surface area contributed by atoms with E-state index in [1.807, 2.05) is 0 Å². The molecule has 66 heavy (non-hydrogen) atoms. The SMILES string of the molecule is CC1(C)c2ccccc2-c2cc(N(c3ccc4c(c3)C3(c5ccccc5-c5ccccc53)c3ccccc3-4)c3cccc4c3C3(c5ccccc5-c5ccccc53)c3ccccc3-4)ccc21. The quantitative estimate of drug-likeness (QED) is 0.171. The second kappa shape index (κ2) is 12.6. The van der Waals surface area contributed by atoms with E-state index in [9.17, 15) is 0 Å². The summed E-state index contributed by atoms with van der Waals surface area (Å²) in [6, 6.07) is 85.7. The van der Waals surface area contributed by atoms with Gasteiger partial charge in [0.25, 0.3) is 0 Å². The summed E-state index contributed by atoms with van der Waals surface area (Å²) in [5, 5.41) is 0. The number of rotatable bonds is 3. The van der Waals surface area contributed by atoms with Crippen LogP contribution >= 0.6 is 0 Å². The molecule has 5 aliphatic carbocycles. The summed E-state index contributed by atoms with van der Waals surface area (Å²) in [7, 11) is 0. The number of benzene rings is 10. The number of anilines is 3. The molecule has 0 atom stereocenters. The Morgan fingerprint density at radius 1 is 0.258 bits per heavy atom. The molecule has 0 amide bonds. The molecule has 308 valence electrons. The Labute approximate surface area is 386 Å². The molecule has 10 aromatic rings. The molecule has 0 N–H and O–H groups in total. The van der Waals surface area contributed by atoms with Crippen molar-refractivity contribution in [2.75, 3.05) is 4.90 Å². The lowest BCUT2D eigenvalue weighted by atomic mass is 9.69. The lowest BCUT2D eigenvalue weighted by Gasteiger charge is -2.36. The van der Waals surface area contributed by atoms with Crippen LogP contribution in [-0.2, 0) is 16.2 Å². The fourth-order valence-electron chi connectivity index (χ4n) is 13.8. The molecule has 0 saturated heterocycles. The zero-order valence-corrected chi connectivity index (χ0v) is 36.8. The fourth-order valence-corrected chi connectivity index (χ4v) is 13.8. The largest absolute Gasteiger partial charge is 0.310 e. The van der Waals surface area contributed by atoms with Gasteiger partial charge < -0.3 is 4.90 Å². The average Bonchev–Trinajstić information content (AvgIpc) is 4.10. The van der Waals surface area contributed by atoms with Gasteiger partial charge in [-0.15, -0.1) is 0 Å². The number of hydrogen-bond acceptors (Lipinski definition) is 1. The summed E-state index contributed by atoms with van der Waals surface area (Å²) in [6.07, 6.45) is 0. The minimum absolute atomic E-state index is 0.110. The first-order valence-electron chi connectivity index (χ1n) is 23.4. The highest BCUT2D eigenvalue weighted by atomic mass is 15.1. The van der Waals surface area contributed by atoms with Crippen LogP contribution in [0.4, 0.5) is 17.1 Å². The Balaban J connectivity index is 1.06. The van der Waals surface area contributed by atoms with Crippen LogP contribution in [-0.4, -0.2) is 0 Å². The third-order valence-electron chi connectivity index (χ3n) is 16.3. The Kier molecular flexibility index (Phi) is 6.95. The van der Waals surface area contributed by atoms with Crippen molar-refractivity contribution in [1.82, 2.24) is 0 Å². The molecule has 10 aromatic carbocycles. The van der Waals surface area contributed by atoms with E-state index in [2.05, 4.69) is 243 Å². The molecule has 0 radical (unpaired) electrons. The Morgan fingerprint density at radius 2 is 0.606 bits per heavy atom. The van der Waals surface area contributed by atoms with Gasteiger partial charge in [-0.05, 0) is 136 Å². The maximum atomic E-state index is 2.62. The summed E-state index contributed by atoms with van der Waals surface area (Å²) in [4.78, 5) is 2.62. The van der Waals surface area contributed by atoms with Crippen molar-refractivity contribution in [2.24, 2.45) is 0 Å². The Morgan fingerprint density at radius 3 is 1.11 bits per heavy atom. The second-order valence-electron chi connectivity index (χ2n) is 19.4. The summed E-state index contributed by atoms with van der Waals surface area (Å²) in [6.45, 7) is 4.76. The summed E-state index contributed by atoms with van der Waals surface area (Å²) in [5.41, 5.74) is 29.0. The molecule has 0 bridgehead atoms. The smallest absolute Gasteiger partial charge is 0.0746 e. The molecule has 0 heterocycles. The van der Waals surface area contributed by atoms with Crippen LogP contribution in [0.15, 0.2) is 224 Å². The van der Waals surface area contributed by atoms with Gasteiger partial charge in [0.1, 0.15) is 0 Å². The first-order valence-corrected chi connectivity index (χ1v) is 23.4. The molecule has 1 heteroatoms. The minimum Gasteiger partial charge on any atom is -0.310 e. The first-order chi connectivity index (χ1) is 32.5. The summed E-state index contributed by atoms with van der Waals surface area (Å²) in [5.74, 6) is 0. The van der Waals surface area contributed by atoms with Crippen LogP contribution in [0.5, 0.6) is 0 Å². The van der Waals surface area contributed by atoms with E-state index < -0.39 is 10.8 Å². The predicted molar refractivity (Wildman–Crippen MR) is 271 cm³/mol. The van der Waals surface area contributed by atoms with Crippen molar-refractivity contribution >= 4 is 17.1 Å². The molecule has 0 aromatic heterocycles. The van der Waals surface area contributed by atoms with E-state index in [1.54, 1.807) is 0 Å². The third kappa shape index (κ3) is 4.19. The van der Waals surface area contributed by atoms with Gasteiger partial charge in [-0.1, -0.05) is 208 Å². The molecule has 0 aliphatic heterocycles. The number of fused-ring (bicyclic) bond motifs is 23. The van der Waals surface area contributed by atoms with Gasteiger partial charge in [0.2, 0.25) is 0 Å². The standard InChI is InChI=1S/C65H43N/c1-63(2)52-26-10-3-24-48(52)51-38-40(35-37-53(51)63)66(41-34-36-49-46-22-6-13-29-56(46)64(60(49)39-41)54-27-11-4-18-42(54)43-19-5-12-28-55(43)64)61-33-17-25-50-47-23-9-16-32-59(47)65(62(50)61)57-30-14-7-20-44(57)45-21-8-15-31-58(45)65/h3-39H,1-2H3. The molecule has 5 aliphatic rings. The van der Waals surface area contributed by atoms with Crippen LogP contribution in [0.25, 0.3) is 55.6 Å². The predicted octanol–water partition coefficient (Wildman–Crippen LogP) is 16.1.